The highest BCUT2D eigenvalue weighted by Gasteiger charge is 2.25. The first kappa shape index (κ1) is 15.9. The van der Waals surface area contributed by atoms with Gasteiger partial charge in [-0.1, -0.05) is 6.92 Å². The summed E-state index contributed by atoms with van der Waals surface area (Å²) in [6.45, 7) is 5.13. The molecule has 2 rings (SSSR count). The summed E-state index contributed by atoms with van der Waals surface area (Å²) in [4.78, 5) is 6.90. The van der Waals surface area contributed by atoms with Gasteiger partial charge in [0.15, 0.2) is 0 Å². The van der Waals surface area contributed by atoms with Crippen molar-refractivity contribution in [3.63, 3.8) is 0 Å². The number of piperidine rings is 1. The third-order valence-electron chi connectivity index (χ3n) is 3.53. The minimum atomic E-state index is 0. The standard InChI is InChI=1S/C13H20BrN3.ClH/c1-10-4-5-17(13(6-10)7-15)9-12-3-2-11(14)8-16-12;/h2-3,8,10,13H,4-7,9,15H2,1H3;1H. The number of halogens is 2. The van der Waals surface area contributed by atoms with Crippen molar-refractivity contribution in [2.75, 3.05) is 13.1 Å². The van der Waals surface area contributed by atoms with E-state index < -0.39 is 0 Å². The molecule has 1 aromatic rings. The molecule has 1 aliphatic heterocycles. The number of hydrogen-bond acceptors (Lipinski definition) is 3. The lowest BCUT2D eigenvalue weighted by atomic mass is 9.92. The molecule has 1 aromatic heterocycles. The van der Waals surface area contributed by atoms with Crippen molar-refractivity contribution in [3.8, 4) is 0 Å². The van der Waals surface area contributed by atoms with E-state index in [0.29, 0.717) is 6.04 Å². The summed E-state index contributed by atoms with van der Waals surface area (Å²) in [5.41, 5.74) is 6.99. The average Bonchev–Trinajstić information content (AvgIpc) is 2.34. The molecule has 102 valence electrons. The van der Waals surface area contributed by atoms with E-state index >= 15 is 0 Å². The minimum Gasteiger partial charge on any atom is -0.329 e. The van der Waals surface area contributed by atoms with Crippen LogP contribution in [0.1, 0.15) is 25.5 Å². The Kier molecular flexibility index (Phi) is 6.57. The second-order valence-corrected chi connectivity index (χ2v) is 5.87. The van der Waals surface area contributed by atoms with Crippen LogP contribution in [0, 0.1) is 5.92 Å². The molecular weight excluding hydrogens is 314 g/mol. The molecule has 0 aromatic carbocycles. The molecule has 0 aliphatic carbocycles. The number of aromatic nitrogens is 1. The lowest BCUT2D eigenvalue weighted by Crippen LogP contribution is -2.45. The molecule has 0 bridgehead atoms. The molecule has 2 heterocycles. The highest BCUT2D eigenvalue weighted by molar-refractivity contribution is 9.10. The van der Waals surface area contributed by atoms with Gasteiger partial charge < -0.3 is 5.73 Å². The van der Waals surface area contributed by atoms with E-state index in [-0.39, 0.29) is 12.4 Å². The first-order chi connectivity index (χ1) is 8.19. The molecule has 2 atom stereocenters. The van der Waals surface area contributed by atoms with E-state index in [1.165, 1.54) is 12.8 Å². The number of nitrogens with two attached hydrogens (primary N) is 1. The van der Waals surface area contributed by atoms with Crippen molar-refractivity contribution in [2.24, 2.45) is 11.7 Å². The van der Waals surface area contributed by atoms with Gasteiger partial charge in [-0.15, -0.1) is 12.4 Å². The lowest BCUT2D eigenvalue weighted by Gasteiger charge is -2.37. The van der Waals surface area contributed by atoms with Crippen molar-refractivity contribution in [1.82, 2.24) is 9.88 Å². The van der Waals surface area contributed by atoms with E-state index in [1.54, 1.807) is 0 Å². The highest BCUT2D eigenvalue weighted by atomic mass is 79.9. The van der Waals surface area contributed by atoms with Gasteiger partial charge in [-0.05, 0) is 53.4 Å². The zero-order valence-electron chi connectivity index (χ0n) is 10.7. The molecule has 0 amide bonds. The SMILES string of the molecule is CC1CCN(Cc2ccc(Br)cn2)C(CN)C1.Cl. The van der Waals surface area contributed by atoms with Gasteiger partial charge in [0.05, 0.1) is 5.69 Å². The van der Waals surface area contributed by atoms with Gasteiger partial charge >= 0.3 is 0 Å². The van der Waals surface area contributed by atoms with Gasteiger partial charge in [0, 0.05) is 29.8 Å². The van der Waals surface area contributed by atoms with Gasteiger partial charge in [0.25, 0.3) is 0 Å². The maximum Gasteiger partial charge on any atom is 0.0544 e. The fraction of sp³-hybridized carbons (Fsp3) is 0.615. The van der Waals surface area contributed by atoms with Crippen LogP contribution in [0.4, 0.5) is 0 Å². The molecular formula is C13H21BrClN3. The molecule has 0 saturated carbocycles. The van der Waals surface area contributed by atoms with Crippen LogP contribution in [0.3, 0.4) is 0 Å². The first-order valence-corrected chi connectivity index (χ1v) is 7.03. The van der Waals surface area contributed by atoms with E-state index in [9.17, 15) is 0 Å². The molecule has 1 saturated heterocycles. The van der Waals surface area contributed by atoms with Crippen LogP contribution in [0.25, 0.3) is 0 Å². The van der Waals surface area contributed by atoms with E-state index in [2.05, 4.69) is 38.8 Å². The lowest BCUT2D eigenvalue weighted by molar-refractivity contribution is 0.114. The second-order valence-electron chi connectivity index (χ2n) is 4.96. The Balaban J connectivity index is 0.00000162. The Labute approximate surface area is 124 Å². The summed E-state index contributed by atoms with van der Waals surface area (Å²) in [6, 6.07) is 4.64. The van der Waals surface area contributed by atoms with Crippen LogP contribution >= 0.6 is 28.3 Å². The third-order valence-corrected chi connectivity index (χ3v) is 3.99. The van der Waals surface area contributed by atoms with Crippen molar-refractivity contribution >= 4 is 28.3 Å². The fourth-order valence-electron chi connectivity index (χ4n) is 2.46. The number of likely N-dealkylation sites (tertiary alicyclic amines) is 1. The summed E-state index contributed by atoms with van der Waals surface area (Å²) in [7, 11) is 0. The van der Waals surface area contributed by atoms with Crippen LogP contribution in [-0.4, -0.2) is 29.0 Å². The molecule has 3 nitrogen and oxygen atoms in total. The van der Waals surface area contributed by atoms with Gasteiger partial charge in [-0.2, -0.15) is 0 Å². The van der Waals surface area contributed by atoms with Crippen molar-refractivity contribution in [2.45, 2.75) is 32.4 Å². The number of pyridine rings is 1. The number of rotatable bonds is 3. The largest absolute Gasteiger partial charge is 0.329 e. The molecule has 0 spiro atoms. The number of nitrogens with zero attached hydrogens (tertiary/aromatic N) is 2. The molecule has 1 aliphatic rings. The van der Waals surface area contributed by atoms with E-state index in [1.807, 2.05) is 12.3 Å². The Morgan fingerprint density at radius 3 is 2.89 bits per heavy atom. The monoisotopic (exact) mass is 333 g/mol. The van der Waals surface area contributed by atoms with Crippen LogP contribution in [0.2, 0.25) is 0 Å². The topological polar surface area (TPSA) is 42.2 Å². The normalized spacial score (nSPS) is 24.6. The van der Waals surface area contributed by atoms with Gasteiger partial charge in [-0.3, -0.25) is 9.88 Å². The Morgan fingerprint density at radius 1 is 1.50 bits per heavy atom. The van der Waals surface area contributed by atoms with E-state index in [4.69, 9.17) is 5.73 Å². The molecule has 0 radical (unpaired) electrons. The Bertz CT molecular complexity index is 358. The predicted octanol–water partition coefficient (Wildman–Crippen LogP) is 2.83. The molecule has 5 heteroatoms. The summed E-state index contributed by atoms with van der Waals surface area (Å²) in [5.74, 6) is 0.803. The minimum absolute atomic E-state index is 0. The summed E-state index contributed by atoms with van der Waals surface area (Å²) in [5, 5.41) is 0. The fourth-order valence-corrected chi connectivity index (χ4v) is 2.70. The number of hydrogen-bond donors (Lipinski definition) is 1. The zero-order valence-corrected chi connectivity index (χ0v) is 13.1. The maximum atomic E-state index is 5.86. The summed E-state index contributed by atoms with van der Waals surface area (Å²) < 4.78 is 1.03. The molecule has 1 fully saturated rings. The third kappa shape index (κ3) is 4.19. The molecule has 2 N–H and O–H groups in total. The van der Waals surface area contributed by atoms with Crippen LogP contribution < -0.4 is 5.73 Å². The second kappa shape index (κ2) is 7.43. The first-order valence-electron chi connectivity index (χ1n) is 6.23. The molecule has 2 unspecified atom stereocenters. The smallest absolute Gasteiger partial charge is 0.0544 e. The Morgan fingerprint density at radius 2 is 2.28 bits per heavy atom. The summed E-state index contributed by atoms with van der Waals surface area (Å²) in [6.07, 6.45) is 4.35. The van der Waals surface area contributed by atoms with Crippen molar-refractivity contribution < 1.29 is 0 Å². The van der Waals surface area contributed by atoms with E-state index in [0.717, 1.165) is 35.7 Å². The van der Waals surface area contributed by atoms with Gasteiger partial charge in [0.1, 0.15) is 0 Å². The summed E-state index contributed by atoms with van der Waals surface area (Å²) >= 11 is 3.41. The highest BCUT2D eigenvalue weighted by Crippen LogP contribution is 2.23. The predicted molar refractivity (Wildman–Crippen MR) is 80.8 cm³/mol. The molecule has 18 heavy (non-hydrogen) atoms. The maximum absolute atomic E-state index is 5.86. The van der Waals surface area contributed by atoms with Crippen LogP contribution in [0.5, 0.6) is 0 Å². The Hall–Kier alpha value is -0.160. The quantitative estimate of drug-likeness (QED) is 0.924. The van der Waals surface area contributed by atoms with Crippen LogP contribution in [-0.2, 0) is 6.54 Å². The van der Waals surface area contributed by atoms with Gasteiger partial charge in [-0.25, -0.2) is 0 Å². The average molecular weight is 335 g/mol. The van der Waals surface area contributed by atoms with Crippen LogP contribution in [0.15, 0.2) is 22.8 Å². The van der Waals surface area contributed by atoms with Crippen molar-refractivity contribution in [1.29, 1.82) is 0 Å². The zero-order chi connectivity index (χ0) is 12.3. The van der Waals surface area contributed by atoms with Gasteiger partial charge in [0.2, 0.25) is 0 Å². The van der Waals surface area contributed by atoms with Crippen molar-refractivity contribution in [3.05, 3.63) is 28.5 Å².